The summed E-state index contributed by atoms with van der Waals surface area (Å²) in [6, 6.07) is 11.7. The van der Waals surface area contributed by atoms with Crippen LogP contribution in [0.5, 0.6) is 0 Å². The number of rotatable bonds is 2. The summed E-state index contributed by atoms with van der Waals surface area (Å²) < 4.78 is 1.07. The first-order chi connectivity index (χ1) is 10.2. The number of hydrogen-bond donors (Lipinski definition) is 3. The Morgan fingerprint density at radius 3 is 2.81 bits per heavy atom. The largest absolute Gasteiger partial charge is 0.399 e. The number of aliphatic hydroxyl groups is 1. The predicted octanol–water partition coefficient (Wildman–Crippen LogP) is 2.91. The summed E-state index contributed by atoms with van der Waals surface area (Å²) in [7, 11) is 0. The highest BCUT2D eigenvalue weighted by atomic mass is 32.1. The first-order valence-corrected chi connectivity index (χ1v) is 7.30. The van der Waals surface area contributed by atoms with Gasteiger partial charge in [-0.15, -0.1) is 11.3 Å². The fourth-order valence-electron chi connectivity index (χ4n) is 2.34. The van der Waals surface area contributed by atoms with Crippen molar-refractivity contribution in [3.05, 3.63) is 42.2 Å². The second kappa shape index (κ2) is 4.54. The molecule has 0 fully saturated rings. The van der Waals surface area contributed by atoms with E-state index in [4.69, 9.17) is 10.8 Å². The van der Waals surface area contributed by atoms with Gasteiger partial charge in [0.2, 0.25) is 0 Å². The van der Waals surface area contributed by atoms with Crippen molar-refractivity contribution in [3.63, 3.8) is 0 Å². The molecule has 5 nitrogen and oxygen atoms in total. The second-order valence-electron chi connectivity index (χ2n) is 4.82. The molecule has 0 unspecified atom stereocenters. The number of nitrogen functional groups attached to an aromatic ring is 1. The monoisotopic (exact) mass is 296 g/mol. The molecule has 0 radical (unpaired) electrons. The van der Waals surface area contributed by atoms with E-state index in [1.54, 1.807) is 11.3 Å². The van der Waals surface area contributed by atoms with E-state index in [9.17, 15) is 0 Å². The number of H-pyrrole nitrogens is 1. The third-order valence-corrected chi connectivity index (χ3v) is 4.41. The lowest BCUT2D eigenvalue weighted by atomic mass is 10.2. The van der Waals surface area contributed by atoms with Crippen LogP contribution in [0.3, 0.4) is 0 Å². The minimum Gasteiger partial charge on any atom is -0.399 e. The van der Waals surface area contributed by atoms with Crippen LogP contribution in [0.15, 0.2) is 36.4 Å². The van der Waals surface area contributed by atoms with Crippen molar-refractivity contribution in [1.29, 1.82) is 0 Å². The van der Waals surface area contributed by atoms with E-state index in [-0.39, 0.29) is 6.61 Å². The van der Waals surface area contributed by atoms with E-state index in [2.05, 4.69) is 15.0 Å². The Morgan fingerprint density at radius 1 is 1.10 bits per heavy atom. The van der Waals surface area contributed by atoms with Crippen LogP contribution in [-0.2, 0) is 6.61 Å². The lowest BCUT2D eigenvalue weighted by molar-refractivity contribution is 0.273. The summed E-state index contributed by atoms with van der Waals surface area (Å²) in [6.07, 6.45) is 0. The van der Waals surface area contributed by atoms with Gasteiger partial charge >= 0.3 is 0 Å². The SMILES string of the molecule is Nc1ccc2nc(-c3ccc4nc(CO)[nH]c4c3)sc2c1. The predicted molar refractivity (Wildman–Crippen MR) is 85.0 cm³/mol. The molecular formula is C15H12N4OS. The molecule has 2 heterocycles. The Hall–Kier alpha value is -2.44. The summed E-state index contributed by atoms with van der Waals surface area (Å²) in [5, 5.41) is 10.1. The molecule has 0 aliphatic heterocycles. The molecule has 2 aromatic carbocycles. The second-order valence-corrected chi connectivity index (χ2v) is 5.85. The Labute approximate surface area is 124 Å². The highest BCUT2D eigenvalue weighted by molar-refractivity contribution is 7.21. The number of nitrogens with two attached hydrogens (primary N) is 1. The Balaban J connectivity index is 1.86. The van der Waals surface area contributed by atoms with Crippen molar-refractivity contribution >= 4 is 38.3 Å². The Bertz CT molecular complexity index is 957. The molecule has 2 aromatic heterocycles. The molecule has 0 spiro atoms. The van der Waals surface area contributed by atoms with E-state index >= 15 is 0 Å². The zero-order valence-corrected chi connectivity index (χ0v) is 11.8. The van der Waals surface area contributed by atoms with Crippen molar-refractivity contribution in [1.82, 2.24) is 15.0 Å². The molecule has 104 valence electrons. The van der Waals surface area contributed by atoms with Crippen LogP contribution < -0.4 is 5.73 Å². The van der Waals surface area contributed by atoms with Crippen molar-refractivity contribution in [3.8, 4) is 10.6 Å². The van der Waals surface area contributed by atoms with E-state index in [1.165, 1.54) is 0 Å². The smallest absolute Gasteiger partial charge is 0.133 e. The van der Waals surface area contributed by atoms with Crippen molar-refractivity contribution in [2.24, 2.45) is 0 Å². The van der Waals surface area contributed by atoms with Gasteiger partial charge < -0.3 is 15.8 Å². The van der Waals surface area contributed by atoms with E-state index in [0.717, 1.165) is 37.5 Å². The van der Waals surface area contributed by atoms with Crippen LogP contribution in [0.25, 0.3) is 31.8 Å². The number of aromatic amines is 1. The molecule has 0 aliphatic carbocycles. The van der Waals surface area contributed by atoms with E-state index in [1.807, 2.05) is 36.4 Å². The average Bonchev–Trinajstić information content (AvgIpc) is 3.08. The standard InChI is InChI=1S/C15H12N4OS/c16-9-2-4-11-13(6-9)21-15(19-11)8-1-3-10-12(5-8)18-14(7-20)17-10/h1-6,20H,7,16H2,(H,17,18). The van der Waals surface area contributed by atoms with Crippen LogP contribution in [0.1, 0.15) is 5.82 Å². The summed E-state index contributed by atoms with van der Waals surface area (Å²) in [6.45, 7) is -0.0928. The van der Waals surface area contributed by atoms with Gasteiger partial charge in [0.1, 0.15) is 17.4 Å². The molecule has 0 aliphatic rings. The van der Waals surface area contributed by atoms with Crippen molar-refractivity contribution in [2.75, 3.05) is 5.73 Å². The van der Waals surface area contributed by atoms with Crippen LogP contribution in [0.4, 0.5) is 5.69 Å². The Morgan fingerprint density at radius 2 is 1.95 bits per heavy atom. The molecular weight excluding hydrogens is 284 g/mol. The topological polar surface area (TPSA) is 87.8 Å². The quantitative estimate of drug-likeness (QED) is 0.496. The minimum atomic E-state index is -0.0928. The van der Waals surface area contributed by atoms with E-state index in [0.29, 0.717) is 5.82 Å². The van der Waals surface area contributed by atoms with Crippen LogP contribution in [-0.4, -0.2) is 20.1 Å². The first kappa shape index (κ1) is 12.3. The fraction of sp³-hybridized carbons (Fsp3) is 0.0667. The highest BCUT2D eigenvalue weighted by Gasteiger charge is 2.09. The highest BCUT2D eigenvalue weighted by Crippen LogP contribution is 2.32. The average molecular weight is 296 g/mol. The summed E-state index contributed by atoms with van der Waals surface area (Å²) in [5.74, 6) is 0.569. The van der Waals surface area contributed by atoms with Crippen LogP contribution in [0, 0.1) is 0 Å². The third kappa shape index (κ3) is 2.05. The van der Waals surface area contributed by atoms with Crippen molar-refractivity contribution in [2.45, 2.75) is 6.61 Å². The zero-order chi connectivity index (χ0) is 14.4. The van der Waals surface area contributed by atoms with Gasteiger partial charge in [0, 0.05) is 11.3 Å². The number of aliphatic hydroxyl groups excluding tert-OH is 1. The molecule has 4 N–H and O–H groups in total. The van der Waals surface area contributed by atoms with Crippen molar-refractivity contribution < 1.29 is 5.11 Å². The third-order valence-electron chi connectivity index (χ3n) is 3.34. The number of nitrogens with zero attached hydrogens (tertiary/aromatic N) is 2. The van der Waals surface area contributed by atoms with Gasteiger partial charge in [-0.05, 0) is 36.4 Å². The Kier molecular flexibility index (Phi) is 2.66. The summed E-state index contributed by atoms with van der Waals surface area (Å²) in [4.78, 5) is 12.0. The first-order valence-electron chi connectivity index (χ1n) is 6.49. The minimum absolute atomic E-state index is 0.0928. The summed E-state index contributed by atoms with van der Waals surface area (Å²) in [5.41, 5.74) is 10.3. The molecule has 0 bridgehead atoms. The fourth-order valence-corrected chi connectivity index (χ4v) is 3.35. The zero-order valence-electron chi connectivity index (χ0n) is 11.0. The summed E-state index contributed by atoms with van der Waals surface area (Å²) >= 11 is 1.61. The van der Waals surface area contributed by atoms with Gasteiger partial charge in [0.05, 0.1) is 21.3 Å². The number of anilines is 1. The lowest BCUT2D eigenvalue weighted by Gasteiger charge is -1.95. The number of thiazole rings is 1. The van der Waals surface area contributed by atoms with Gasteiger partial charge in [0.15, 0.2) is 0 Å². The number of hydrogen-bond acceptors (Lipinski definition) is 5. The molecule has 6 heteroatoms. The van der Waals surface area contributed by atoms with E-state index < -0.39 is 0 Å². The van der Waals surface area contributed by atoms with Crippen LogP contribution >= 0.6 is 11.3 Å². The molecule has 0 saturated carbocycles. The number of imidazole rings is 1. The lowest BCUT2D eigenvalue weighted by Crippen LogP contribution is -1.83. The maximum atomic E-state index is 9.13. The van der Waals surface area contributed by atoms with Gasteiger partial charge in [-0.25, -0.2) is 9.97 Å². The van der Waals surface area contributed by atoms with Gasteiger partial charge in [0.25, 0.3) is 0 Å². The van der Waals surface area contributed by atoms with Gasteiger partial charge in [-0.3, -0.25) is 0 Å². The number of fused-ring (bicyclic) bond motifs is 2. The normalized spacial score (nSPS) is 11.5. The van der Waals surface area contributed by atoms with Gasteiger partial charge in [-0.1, -0.05) is 0 Å². The molecule has 21 heavy (non-hydrogen) atoms. The number of benzene rings is 2. The molecule has 0 amide bonds. The van der Waals surface area contributed by atoms with Crippen LogP contribution in [0.2, 0.25) is 0 Å². The maximum absolute atomic E-state index is 9.13. The maximum Gasteiger partial charge on any atom is 0.133 e. The molecule has 0 saturated heterocycles. The number of nitrogens with one attached hydrogen (secondary N) is 1. The molecule has 0 atom stereocenters. The molecule has 4 rings (SSSR count). The van der Waals surface area contributed by atoms with Gasteiger partial charge in [-0.2, -0.15) is 0 Å². The molecule has 4 aromatic rings. The number of aromatic nitrogens is 3.